The van der Waals surface area contributed by atoms with Crippen molar-refractivity contribution in [2.75, 3.05) is 26.5 Å². The van der Waals surface area contributed by atoms with E-state index in [1.807, 2.05) is 46.0 Å². The summed E-state index contributed by atoms with van der Waals surface area (Å²) in [4.78, 5) is 12.9. The Morgan fingerprint density at radius 1 is 1.14 bits per heavy atom. The van der Waals surface area contributed by atoms with Gasteiger partial charge in [0.15, 0.2) is 18.0 Å². The molecular weight excluding hydrogens is 466 g/mol. The van der Waals surface area contributed by atoms with E-state index >= 15 is 0 Å². The monoisotopic (exact) mass is 507 g/mol. The molecule has 1 unspecified atom stereocenters. The summed E-state index contributed by atoms with van der Waals surface area (Å²) in [7, 11) is 6.00. The molecule has 0 bridgehead atoms. The van der Waals surface area contributed by atoms with Gasteiger partial charge in [0.05, 0.1) is 24.1 Å². The number of hydrogen-bond donors (Lipinski definition) is 3. The lowest BCUT2D eigenvalue weighted by Gasteiger charge is -2.11. The zero-order valence-electron chi connectivity index (χ0n) is 22.4. The van der Waals surface area contributed by atoms with E-state index in [-0.39, 0.29) is 28.7 Å². The molecule has 1 aromatic carbocycles. The second-order valence-corrected chi connectivity index (χ2v) is 8.83. The van der Waals surface area contributed by atoms with Crippen LogP contribution in [0.3, 0.4) is 0 Å². The number of phenols is 1. The third-order valence-corrected chi connectivity index (χ3v) is 4.46. The summed E-state index contributed by atoms with van der Waals surface area (Å²) < 4.78 is 25.0. The van der Waals surface area contributed by atoms with Crippen molar-refractivity contribution < 1.29 is 18.5 Å². The topological polar surface area (TPSA) is 120 Å². The highest BCUT2D eigenvalue weighted by atomic mass is 32.2. The SMILES string of the molecule is CC.CC(C)c1coc(CNC2=NS(=O)N=C2Nc2cccc(C=O)c2O)c1.CCC.CN(C)C. The number of aldehydes is 1. The fourth-order valence-electron chi connectivity index (χ4n) is 2.31. The van der Waals surface area contributed by atoms with Crippen LogP contribution in [0.15, 0.2) is 43.7 Å². The van der Waals surface area contributed by atoms with Gasteiger partial charge in [0.1, 0.15) is 11.5 Å². The van der Waals surface area contributed by atoms with Crippen LogP contribution in [0, 0.1) is 0 Å². The molecule has 0 saturated carbocycles. The van der Waals surface area contributed by atoms with Crippen LogP contribution in [-0.4, -0.2) is 53.3 Å². The lowest BCUT2D eigenvalue weighted by molar-refractivity contribution is 0.112. The number of anilines is 1. The minimum absolute atomic E-state index is 0.137. The molecule has 1 aliphatic rings. The molecule has 1 atom stereocenters. The quantitative estimate of drug-likeness (QED) is 0.379. The van der Waals surface area contributed by atoms with Crippen LogP contribution in [0.2, 0.25) is 0 Å². The van der Waals surface area contributed by atoms with Crippen molar-refractivity contribution in [2.24, 2.45) is 8.80 Å². The molecule has 10 heteroatoms. The molecular formula is C25H41N5O4S. The number of benzene rings is 1. The molecule has 0 saturated heterocycles. The Labute approximate surface area is 212 Å². The highest BCUT2D eigenvalue weighted by Crippen LogP contribution is 2.26. The number of carbonyl (C=O) groups is 1. The van der Waals surface area contributed by atoms with Gasteiger partial charge in [0.25, 0.3) is 11.2 Å². The van der Waals surface area contributed by atoms with Gasteiger partial charge >= 0.3 is 0 Å². The third-order valence-electron chi connectivity index (χ3n) is 3.78. The minimum Gasteiger partial charge on any atom is -0.505 e. The normalized spacial score (nSPS) is 13.9. The van der Waals surface area contributed by atoms with Crippen molar-refractivity contribution in [1.82, 2.24) is 10.2 Å². The lowest BCUT2D eigenvalue weighted by Crippen LogP contribution is -2.33. The van der Waals surface area contributed by atoms with Crippen molar-refractivity contribution in [1.29, 1.82) is 0 Å². The summed E-state index contributed by atoms with van der Waals surface area (Å²) in [6.07, 6.45) is 3.50. The maximum absolute atomic E-state index is 11.7. The van der Waals surface area contributed by atoms with Gasteiger partial charge in [0.2, 0.25) is 0 Å². The number of aromatic hydroxyl groups is 1. The van der Waals surface area contributed by atoms with E-state index in [1.54, 1.807) is 18.4 Å². The van der Waals surface area contributed by atoms with Gasteiger partial charge in [-0.15, -0.1) is 8.80 Å². The van der Waals surface area contributed by atoms with Crippen LogP contribution in [0.5, 0.6) is 5.75 Å². The standard InChI is InChI=1S/C17H18N4O4S.C3H9N.C3H8.C2H6/c1-10(2)12-6-13(25-9-12)7-18-16-17(21-26(24)20-16)19-14-5-3-4-11(8-22)15(14)23;1-4(2)3;1-3-2;1-2/h3-6,8-10,23H,7H2,1-2H3,(H,18,20)(H,19,21);1-3H3;3H2,1-2H3;1-2H3. The Kier molecular flexibility index (Phi) is 16.0. The Morgan fingerprint density at radius 2 is 1.71 bits per heavy atom. The number of rotatable bonds is 5. The van der Waals surface area contributed by atoms with Gasteiger partial charge < -0.3 is 25.1 Å². The van der Waals surface area contributed by atoms with Gasteiger partial charge in [0, 0.05) is 0 Å². The number of para-hydroxylation sites is 1. The summed E-state index contributed by atoms with van der Waals surface area (Å²) in [5.74, 6) is 1.34. The molecule has 3 N–H and O–H groups in total. The average Bonchev–Trinajstić information content (AvgIpc) is 3.42. The van der Waals surface area contributed by atoms with Gasteiger partial charge in [-0.05, 0) is 50.8 Å². The molecule has 0 spiro atoms. The highest BCUT2D eigenvalue weighted by Gasteiger charge is 2.21. The first kappa shape index (κ1) is 32.0. The molecule has 0 amide bonds. The predicted molar refractivity (Wildman–Crippen MR) is 147 cm³/mol. The van der Waals surface area contributed by atoms with E-state index in [4.69, 9.17) is 4.42 Å². The van der Waals surface area contributed by atoms with Gasteiger partial charge in [-0.2, -0.15) is 0 Å². The van der Waals surface area contributed by atoms with E-state index in [2.05, 4.69) is 47.1 Å². The molecule has 0 fully saturated rings. The van der Waals surface area contributed by atoms with Crippen LogP contribution in [0.25, 0.3) is 0 Å². The smallest absolute Gasteiger partial charge is 0.269 e. The largest absolute Gasteiger partial charge is 0.505 e. The first-order chi connectivity index (χ1) is 16.6. The number of carbonyl (C=O) groups excluding carboxylic acids is 1. The fraction of sp³-hybridized carbons (Fsp3) is 0.480. The Bertz CT molecular complexity index is 981. The molecule has 1 aromatic heterocycles. The van der Waals surface area contributed by atoms with Crippen molar-refractivity contribution >= 4 is 34.8 Å². The molecule has 1 aliphatic heterocycles. The third kappa shape index (κ3) is 11.8. The number of amidine groups is 2. The lowest BCUT2D eigenvalue weighted by atomic mass is 10.1. The van der Waals surface area contributed by atoms with Crippen molar-refractivity contribution in [3.05, 3.63) is 47.4 Å². The Hall–Kier alpha value is -2.98. The molecule has 0 radical (unpaired) electrons. The molecule has 2 aromatic rings. The molecule has 35 heavy (non-hydrogen) atoms. The number of phenolic OH excluding ortho intramolecular Hbond substituents is 1. The fourth-order valence-corrected chi connectivity index (χ4v) is 2.95. The van der Waals surface area contributed by atoms with Crippen molar-refractivity contribution in [3.63, 3.8) is 0 Å². The molecule has 9 nitrogen and oxygen atoms in total. The van der Waals surface area contributed by atoms with E-state index in [0.717, 1.165) is 5.56 Å². The van der Waals surface area contributed by atoms with Crippen LogP contribution in [-0.2, 0) is 17.7 Å². The second kappa shape index (κ2) is 17.5. The van der Waals surface area contributed by atoms with E-state index < -0.39 is 11.2 Å². The average molecular weight is 508 g/mol. The first-order valence-electron chi connectivity index (χ1n) is 11.7. The highest BCUT2D eigenvalue weighted by molar-refractivity contribution is 7.83. The van der Waals surface area contributed by atoms with Crippen molar-refractivity contribution in [3.8, 4) is 5.75 Å². The molecule has 0 aliphatic carbocycles. The number of furan rings is 1. The van der Waals surface area contributed by atoms with Crippen LogP contribution >= 0.6 is 0 Å². The second-order valence-electron chi connectivity index (χ2n) is 8.00. The number of nitrogens with one attached hydrogen (secondary N) is 2. The van der Waals surface area contributed by atoms with Crippen LogP contribution < -0.4 is 10.6 Å². The molecule has 3 rings (SSSR count). The zero-order chi connectivity index (χ0) is 27.0. The first-order valence-corrected chi connectivity index (χ1v) is 12.7. The minimum atomic E-state index is -1.76. The summed E-state index contributed by atoms with van der Waals surface area (Å²) >= 11 is -1.76. The maximum Gasteiger partial charge on any atom is 0.269 e. The summed E-state index contributed by atoms with van der Waals surface area (Å²) in [5, 5.41) is 15.9. The number of nitrogens with zero attached hydrogens (tertiary/aromatic N) is 3. The Balaban J connectivity index is 0.00000112. The van der Waals surface area contributed by atoms with Crippen LogP contribution in [0.4, 0.5) is 5.69 Å². The summed E-state index contributed by atoms with van der Waals surface area (Å²) in [5.41, 5.74) is 1.49. The number of hydrogen-bond acceptors (Lipinski definition) is 7. The van der Waals surface area contributed by atoms with E-state index in [0.29, 0.717) is 24.5 Å². The van der Waals surface area contributed by atoms with Gasteiger partial charge in [-0.25, -0.2) is 4.21 Å². The molecule has 2 heterocycles. The Morgan fingerprint density at radius 3 is 2.23 bits per heavy atom. The van der Waals surface area contributed by atoms with Gasteiger partial charge in [-0.1, -0.05) is 54.0 Å². The van der Waals surface area contributed by atoms with Crippen molar-refractivity contribution in [2.45, 2.75) is 60.4 Å². The van der Waals surface area contributed by atoms with Crippen LogP contribution in [0.1, 0.15) is 75.6 Å². The van der Waals surface area contributed by atoms with Gasteiger partial charge in [-0.3, -0.25) is 4.79 Å². The molecule has 196 valence electrons. The van der Waals surface area contributed by atoms with E-state index in [9.17, 15) is 14.1 Å². The summed E-state index contributed by atoms with van der Waals surface area (Å²) in [6.45, 7) is 12.7. The zero-order valence-corrected chi connectivity index (χ0v) is 23.2. The maximum atomic E-state index is 11.7. The predicted octanol–water partition coefficient (Wildman–Crippen LogP) is 5.13. The summed E-state index contributed by atoms with van der Waals surface area (Å²) in [6, 6.07) is 6.61. The van der Waals surface area contributed by atoms with E-state index in [1.165, 1.54) is 12.5 Å².